The third-order valence-electron chi connectivity index (χ3n) is 6.54. The molecule has 1 saturated heterocycles. The maximum Gasteiger partial charge on any atom is 0.352 e. The smallest absolute Gasteiger partial charge is 0.352 e. The van der Waals surface area contributed by atoms with E-state index in [0.717, 1.165) is 16.2 Å². The van der Waals surface area contributed by atoms with Crippen molar-refractivity contribution in [2.24, 2.45) is 5.16 Å². The Labute approximate surface area is 245 Å². The van der Waals surface area contributed by atoms with Crippen LogP contribution >= 0.6 is 23.1 Å². The molecule has 0 unspecified atom stereocenters. The van der Waals surface area contributed by atoms with Gasteiger partial charge in [-0.2, -0.15) is 9.66 Å². The van der Waals surface area contributed by atoms with E-state index in [0.29, 0.717) is 16.9 Å². The number of thioether (sulfide) groups is 1. The number of nitrogens with two attached hydrogens (primary N) is 1. The first kappa shape index (κ1) is 28.6. The number of oxime groups is 1. The summed E-state index contributed by atoms with van der Waals surface area (Å²) in [6.07, 6.45) is 3.33. The fourth-order valence-corrected chi connectivity index (χ4v) is 6.26. The number of hydrogen-bond acceptors (Lipinski definition) is 11. The van der Waals surface area contributed by atoms with Gasteiger partial charge in [0.2, 0.25) is 11.3 Å². The monoisotopic (exact) mass is 611 g/mol. The molecule has 0 saturated carbocycles. The lowest BCUT2D eigenvalue weighted by molar-refractivity contribution is -0.662. The standard InChI is InChI=1S/C25H22N8O7S2/c1-25(2,23(38)39)40-30-16(14-11-42-24(27)28-14)19(34)29-17-20(35)33-18(22(36)37)12(10-41-21(17)33)8-31-9-13(7-26)32-6-4-3-5-15(31)32/h3-6,9,11,17,21H,8,10H2,1-2H3,(H4-,27,28,29,34,36,37,38,39)/p+1/b30-16+/t17-,21-/m1/s1. The van der Waals surface area contributed by atoms with Crippen molar-refractivity contribution in [1.82, 2.24) is 19.6 Å². The molecule has 42 heavy (non-hydrogen) atoms. The van der Waals surface area contributed by atoms with Crippen molar-refractivity contribution in [3.63, 3.8) is 0 Å². The highest BCUT2D eigenvalue weighted by Gasteiger charge is 2.54. The second kappa shape index (κ2) is 10.8. The Kier molecular flexibility index (Phi) is 7.34. The molecule has 0 aromatic carbocycles. The number of β-lactam (4-membered cyclic amide) rings is 1. The van der Waals surface area contributed by atoms with Crippen LogP contribution in [-0.4, -0.2) is 76.7 Å². The predicted molar refractivity (Wildman–Crippen MR) is 148 cm³/mol. The number of aromatic nitrogens is 3. The third kappa shape index (κ3) is 5.01. The average Bonchev–Trinajstić information content (AvgIpc) is 3.54. The summed E-state index contributed by atoms with van der Waals surface area (Å²) in [5.41, 5.74) is 4.82. The number of nitrogens with zero attached hydrogens (tertiary/aromatic N) is 6. The maximum atomic E-state index is 13.3. The summed E-state index contributed by atoms with van der Waals surface area (Å²) in [4.78, 5) is 60.5. The molecule has 5 heterocycles. The van der Waals surface area contributed by atoms with E-state index >= 15 is 0 Å². The van der Waals surface area contributed by atoms with Gasteiger partial charge in [-0.25, -0.2) is 19.1 Å². The number of carboxylic acids is 2. The number of aliphatic carboxylic acids is 2. The first-order valence-electron chi connectivity index (χ1n) is 12.2. The van der Waals surface area contributed by atoms with E-state index in [-0.39, 0.29) is 28.8 Å². The van der Waals surface area contributed by atoms with Crippen LogP contribution in [0.3, 0.4) is 0 Å². The summed E-state index contributed by atoms with van der Waals surface area (Å²) >= 11 is 2.29. The zero-order chi connectivity index (χ0) is 30.3. The molecule has 5 N–H and O–H groups in total. The van der Waals surface area contributed by atoms with Crippen molar-refractivity contribution in [1.29, 1.82) is 5.26 Å². The van der Waals surface area contributed by atoms with Crippen LogP contribution in [0.25, 0.3) is 5.65 Å². The normalized spacial score (nSPS) is 18.7. The number of carbonyl (C=O) groups excluding carboxylic acids is 2. The third-order valence-corrected chi connectivity index (χ3v) is 8.56. The Morgan fingerprint density at radius 3 is 2.76 bits per heavy atom. The molecule has 15 nitrogen and oxygen atoms in total. The van der Waals surface area contributed by atoms with Crippen molar-refractivity contribution in [2.75, 3.05) is 11.5 Å². The summed E-state index contributed by atoms with van der Waals surface area (Å²) in [7, 11) is 0. The molecule has 216 valence electrons. The first-order chi connectivity index (χ1) is 19.9. The number of anilines is 1. The number of nitrogens with one attached hydrogen (secondary N) is 1. The molecule has 17 heteroatoms. The van der Waals surface area contributed by atoms with Gasteiger partial charge in [-0.15, -0.1) is 23.1 Å². The van der Waals surface area contributed by atoms with Gasteiger partial charge in [0.05, 0.1) is 6.20 Å². The fraction of sp³-hybridized carbons (Fsp3) is 0.280. The van der Waals surface area contributed by atoms with Gasteiger partial charge >= 0.3 is 11.9 Å². The van der Waals surface area contributed by atoms with Crippen molar-refractivity contribution in [3.8, 4) is 6.07 Å². The molecular weight excluding hydrogens is 588 g/mol. The van der Waals surface area contributed by atoms with Gasteiger partial charge in [-0.1, -0.05) is 11.2 Å². The van der Waals surface area contributed by atoms with Crippen LogP contribution in [0.5, 0.6) is 0 Å². The molecule has 2 aliphatic rings. The van der Waals surface area contributed by atoms with E-state index in [4.69, 9.17) is 10.6 Å². The largest absolute Gasteiger partial charge is 0.478 e. The van der Waals surface area contributed by atoms with Crippen LogP contribution in [0.4, 0.5) is 5.13 Å². The van der Waals surface area contributed by atoms with E-state index < -0.39 is 46.5 Å². The van der Waals surface area contributed by atoms with Gasteiger partial charge < -0.3 is 26.1 Å². The first-order valence-corrected chi connectivity index (χ1v) is 14.2. The van der Waals surface area contributed by atoms with E-state index in [9.17, 15) is 34.7 Å². The molecule has 5 rings (SSSR count). The number of nitriles is 1. The van der Waals surface area contributed by atoms with Crippen molar-refractivity contribution < 1.29 is 38.8 Å². The molecular formula is C25H23N8O7S2+. The van der Waals surface area contributed by atoms with Gasteiger partial charge in [-0.3, -0.25) is 14.5 Å². The van der Waals surface area contributed by atoms with Gasteiger partial charge in [0.1, 0.15) is 41.6 Å². The number of carbonyl (C=O) groups is 4. The van der Waals surface area contributed by atoms with E-state index in [2.05, 4.69) is 21.5 Å². The number of nitrogen functional groups attached to an aromatic ring is 1. The summed E-state index contributed by atoms with van der Waals surface area (Å²) in [5.74, 6) is -3.93. The number of carboxylic acid groups (broad SMARTS) is 2. The lowest BCUT2D eigenvalue weighted by Gasteiger charge is -2.49. The minimum absolute atomic E-state index is 0.0121. The van der Waals surface area contributed by atoms with Crippen LogP contribution in [0.15, 0.2) is 52.4 Å². The van der Waals surface area contributed by atoms with Crippen molar-refractivity contribution in [2.45, 2.75) is 37.4 Å². The van der Waals surface area contributed by atoms with Crippen LogP contribution < -0.4 is 15.6 Å². The zero-order valence-electron chi connectivity index (χ0n) is 22.0. The number of hydrogen-bond donors (Lipinski definition) is 4. The van der Waals surface area contributed by atoms with E-state index in [1.807, 2.05) is 0 Å². The molecule has 2 aliphatic heterocycles. The number of imidazole rings is 1. The molecule has 0 spiro atoms. The second-order valence-corrected chi connectivity index (χ2v) is 11.7. The number of rotatable bonds is 9. The topological polar surface area (TPSA) is 217 Å². The van der Waals surface area contributed by atoms with Gasteiger partial charge in [0, 0.05) is 22.8 Å². The molecule has 0 radical (unpaired) electrons. The molecule has 2 amide bonds. The van der Waals surface area contributed by atoms with E-state index in [1.165, 1.54) is 31.0 Å². The van der Waals surface area contributed by atoms with Gasteiger partial charge in [0.25, 0.3) is 17.5 Å². The van der Waals surface area contributed by atoms with Crippen molar-refractivity contribution in [3.05, 3.63) is 58.6 Å². The highest BCUT2D eigenvalue weighted by molar-refractivity contribution is 8.00. The number of pyridine rings is 1. The Morgan fingerprint density at radius 1 is 1.36 bits per heavy atom. The lowest BCUT2D eigenvalue weighted by Crippen LogP contribution is -2.71. The summed E-state index contributed by atoms with van der Waals surface area (Å²) in [6, 6.07) is 6.36. The van der Waals surface area contributed by atoms with Crippen molar-refractivity contribution >= 4 is 63.3 Å². The minimum Gasteiger partial charge on any atom is -0.478 e. The number of amides is 2. The molecule has 3 aromatic rings. The quantitative estimate of drug-likeness (QED) is 0.111. The SMILES string of the molecule is CC(C)(O/N=C(/C(=O)N[C@@H]1C(=O)N2C(C(=O)O)=C(C[n+]3cc(C#N)n4ccccc43)CS[C@H]12)c1csc(N)n1)C(=O)O. The Balaban J connectivity index is 1.39. The Bertz CT molecular complexity index is 1750. The maximum absolute atomic E-state index is 13.3. The lowest BCUT2D eigenvalue weighted by atomic mass is 10.0. The second-order valence-electron chi connectivity index (χ2n) is 9.72. The summed E-state index contributed by atoms with van der Waals surface area (Å²) in [5, 5.41) is 36.0. The van der Waals surface area contributed by atoms with Gasteiger partial charge in [-0.05, 0) is 19.9 Å². The Hall–Kier alpha value is -4.95. The van der Waals surface area contributed by atoms with Crippen LogP contribution in [-0.2, 0) is 30.6 Å². The number of fused-ring (bicyclic) bond motifs is 2. The zero-order valence-corrected chi connectivity index (χ0v) is 23.7. The molecule has 3 aromatic heterocycles. The highest BCUT2D eigenvalue weighted by atomic mass is 32.2. The molecule has 2 atom stereocenters. The minimum atomic E-state index is -1.77. The van der Waals surface area contributed by atoms with Crippen LogP contribution in [0.1, 0.15) is 25.2 Å². The van der Waals surface area contributed by atoms with Crippen LogP contribution in [0, 0.1) is 11.3 Å². The summed E-state index contributed by atoms with van der Waals surface area (Å²) in [6.45, 7) is 2.60. The van der Waals surface area contributed by atoms with Gasteiger partial charge in [0.15, 0.2) is 10.8 Å². The average molecular weight is 612 g/mol. The highest BCUT2D eigenvalue weighted by Crippen LogP contribution is 2.40. The molecule has 0 aliphatic carbocycles. The Morgan fingerprint density at radius 2 is 2.12 bits per heavy atom. The predicted octanol–water partition coefficient (Wildman–Crippen LogP) is 0.160. The molecule has 0 bridgehead atoms. The molecule has 1 fully saturated rings. The summed E-state index contributed by atoms with van der Waals surface area (Å²) < 4.78 is 3.42. The van der Waals surface area contributed by atoms with E-state index in [1.54, 1.807) is 39.6 Å². The van der Waals surface area contributed by atoms with Crippen LogP contribution in [0.2, 0.25) is 0 Å². The number of thiazole rings is 1. The fourth-order valence-electron chi connectivity index (χ4n) is 4.38.